The first-order chi connectivity index (χ1) is 11.9. The second-order valence-electron chi connectivity index (χ2n) is 5.18. The summed E-state index contributed by atoms with van der Waals surface area (Å²) in [6.45, 7) is 0. The molecule has 7 heteroatoms. The normalized spacial score (nSPS) is 11.2. The Kier molecular flexibility index (Phi) is 4.92. The van der Waals surface area contributed by atoms with Gasteiger partial charge in [0.05, 0.1) is 4.90 Å². The minimum Gasteiger partial charge on any atom is -0.453 e. The van der Waals surface area contributed by atoms with Gasteiger partial charge in [-0.05, 0) is 42.5 Å². The minimum absolute atomic E-state index is 0.0850. The largest absolute Gasteiger partial charge is 0.453 e. The molecule has 0 atom stereocenters. The summed E-state index contributed by atoms with van der Waals surface area (Å²) in [6.07, 6.45) is 0. The average molecular weight is 377 g/mol. The van der Waals surface area contributed by atoms with Crippen LogP contribution in [-0.2, 0) is 15.6 Å². The van der Waals surface area contributed by atoms with Crippen LogP contribution in [0.5, 0.6) is 5.75 Å². The van der Waals surface area contributed by atoms with Crippen LogP contribution in [0.3, 0.4) is 0 Å². The molecule has 1 aromatic heterocycles. The van der Waals surface area contributed by atoms with Crippen LogP contribution >= 0.6 is 11.6 Å². The molecule has 5 nitrogen and oxygen atoms in total. The Labute approximate surface area is 149 Å². The zero-order chi connectivity index (χ0) is 17.9. The summed E-state index contributed by atoms with van der Waals surface area (Å²) in [5.41, 5.74) is 0. The molecule has 2 aromatic carbocycles. The second kappa shape index (κ2) is 7.13. The Morgan fingerprint density at radius 1 is 1.00 bits per heavy atom. The van der Waals surface area contributed by atoms with E-state index < -0.39 is 15.8 Å². The predicted molar refractivity (Wildman–Crippen MR) is 92.5 cm³/mol. The molecule has 0 saturated carbocycles. The van der Waals surface area contributed by atoms with Gasteiger partial charge in [0.15, 0.2) is 9.84 Å². The fourth-order valence-corrected chi connectivity index (χ4v) is 3.60. The van der Waals surface area contributed by atoms with E-state index in [0.717, 1.165) is 0 Å². The van der Waals surface area contributed by atoms with Crippen molar-refractivity contribution in [2.45, 2.75) is 10.6 Å². The zero-order valence-corrected chi connectivity index (χ0v) is 14.5. The lowest BCUT2D eigenvalue weighted by atomic mass is 10.3. The second-order valence-corrected chi connectivity index (χ2v) is 7.61. The van der Waals surface area contributed by atoms with Gasteiger partial charge in [-0.3, -0.25) is 0 Å². The fourth-order valence-electron chi connectivity index (χ4n) is 2.15. The van der Waals surface area contributed by atoms with Crippen molar-refractivity contribution in [3.8, 4) is 5.75 Å². The minimum atomic E-state index is -3.55. The number of hydrogen-bond acceptors (Lipinski definition) is 5. The molecule has 0 N–H and O–H groups in total. The molecule has 0 aliphatic carbocycles. The van der Waals surface area contributed by atoms with Crippen molar-refractivity contribution >= 4 is 27.4 Å². The van der Waals surface area contributed by atoms with E-state index in [0.29, 0.717) is 5.02 Å². The van der Waals surface area contributed by atoms with Gasteiger partial charge in [0, 0.05) is 5.02 Å². The van der Waals surface area contributed by atoms with Crippen LogP contribution in [0.2, 0.25) is 5.02 Å². The first-order valence-electron chi connectivity index (χ1n) is 7.28. The molecule has 0 unspecified atom stereocenters. The third kappa shape index (κ3) is 4.29. The molecule has 0 fully saturated rings. The summed E-state index contributed by atoms with van der Waals surface area (Å²) in [5, 5.41) is 0.430. The van der Waals surface area contributed by atoms with E-state index in [1.807, 2.05) is 0 Å². The molecule has 3 rings (SSSR count). The van der Waals surface area contributed by atoms with Crippen molar-refractivity contribution in [3.63, 3.8) is 0 Å². The van der Waals surface area contributed by atoms with Gasteiger partial charge in [0.1, 0.15) is 17.3 Å². The lowest BCUT2D eigenvalue weighted by Gasteiger charge is -2.03. The standard InChI is InChI=1S/C18H13ClO5S/c19-13-5-4-6-14(11-13)24-18(20)17-10-9-15(23-17)12-25(21,22)16-7-2-1-3-8-16/h1-11H,12H2. The van der Waals surface area contributed by atoms with Crippen molar-refractivity contribution < 1.29 is 22.4 Å². The van der Waals surface area contributed by atoms with Crippen LogP contribution in [0.1, 0.15) is 16.3 Å². The highest BCUT2D eigenvalue weighted by atomic mass is 35.5. The van der Waals surface area contributed by atoms with Crippen LogP contribution in [0.25, 0.3) is 0 Å². The lowest BCUT2D eigenvalue weighted by molar-refractivity contribution is 0.0699. The highest BCUT2D eigenvalue weighted by Crippen LogP contribution is 2.21. The Morgan fingerprint density at radius 2 is 1.76 bits per heavy atom. The smallest absolute Gasteiger partial charge is 0.379 e. The monoisotopic (exact) mass is 376 g/mol. The summed E-state index contributed by atoms with van der Waals surface area (Å²) in [6, 6.07) is 17.2. The molecule has 0 amide bonds. The molecule has 1 heterocycles. The number of carbonyl (C=O) groups is 1. The maximum absolute atomic E-state index is 12.3. The molecule has 0 radical (unpaired) electrons. The van der Waals surface area contributed by atoms with E-state index >= 15 is 0 Å². The van der Waals surface area contributed by atoms with Gasteiger partial charge in [-0.25, -0.2) is 13.2 Å². The average Bonchev–Trinajstić information content (AvgIpc) is 3.03. The SMILES string of the molecule is O=C(Oc1cccc(Cl)c1)c1ccc(CS(=O)(=O)c2ccccc2)o1. The Balaban J connectivity index is 1.73. The van der Waals surface area contributed by atoms with Crippen LogP contribution in [0.15, 0.2) is 76.0 Å². The van der Waals surface area contributed by atoms with E-state index in [1.54, 1.807) is 36.4 Å². The molecule has 3 aromatic rings. The van der Waals surface area contributed by atoms with E-state index in [1.165, 1.54) is 30.3 Å². The van der Waals surface area contributed by atoms with Crippen molar-refractivity contribution in [2.24, 2.45) is 0 Å². The van der Waals surface area contributed by atoms with Crippen LogP contribution in [0, 0.1) is 0 Å². The topological polar surface area (TPSA) is 73.6 Å². The van der Waals surface area contributed by atoms with Gasteiger partial charge < -0.3 is 9.15 Å². The fraction of sp³-hybridized carbons (Fsp3) is 0.0556. The molecule has 0 spiro atoms. The number of carbonyl (C=O) groups excluding carboxylic acids is 1. The number of ether oxygens (including phenoxy) is 1. The third-order valence-electron chi connectivity index (χ3n) is 3.30. The zero-order valence-electron chi connectivity index (χ0n) is 12.9. The maximum atomic E-state index is 12.3. The molecule has 0 aliphatic rings. The van der Waals surface area contributed by atoms with Gasteiger partial charge >= 0.3 is 5.97 Å². The Morgan fingerprint density at radius 3 is 2.48 bits per heavy atom. The van der Waals surface area contributed by atoms with Crippen LogP contribution in [0.4, 0.5) is 0 Å². The number of sulfone groups is 1. The van der Waals surface area contributed by atoms with Crippen molar-refractivity contribution in [2.75, 3.05) is 0 Å². The number of furan rings is 1. The number of benzene rings is 2. The van der Waals surface area contributed by atoms with Gasteiger partial charge in [0.2, 0.25) is 5.76 Å². The maximum Gasteiger partial charge on any atom is 0.379 e. The van der Waals surface area contributed by atoms with Gasteiger partial charge in [-0.1, -0.05) is 35.9 Å². The molecule has 128 valence electrons. The number of rotatable bonds is 5. The summed E-state index contributed by atoms with van der Waals surface area (Å²) in [4.78, 5) is 12.3. The first-order valence-corrected chi connectivity index (χ1v) is 9.31. The Hall–Kier alpha value is -2.57. The van der Waals surface area contributed by atoms with Crippen molar-refractivity contribution in [1.82, 2.24) is 0 Å². The van der Waals surface area contributed by atoms with Crippen molar-refractivity contribution in [1.29, 1.82) is 0 Å². The number of hydrogen-bond donors (Lipinski definition) is 0. The van der Waals surface area contributed by atoms with Crippen LogP contribution < -0.4 is 4.74 Å². The summed E-state index contributed by atoms with van der Waals surface area (Å²) < 4.78 is 35.1. The molecule has 0 aliphatic heterocycles. The van der Waals surface area contributed by atoms with E-state index in [2.05, 4.69) is 0 Å². The molecule has 0 bridgehead atoms. The highest BCUT2D eigenvalue weighted by Gasteiger charge is 2.20. The Bertz CT molecular complexity index is 993. The summed E-state index contributed by atoms with van der Waals surface area (Å²) >= 11 is 5.83. The lowest BCUT2D eigenvalue weighted by Crippen LogP contribution is -2.07. The summed E-state index contributed by atoms with van der Waals surface area (Å²) in [5.74, 6) is -0.736. The summed E-state index contributed by atoms with van der Waals surface area (Å²) in [7, 11) is -3.55. The quantitative estimate of drug-likeness (QED) is 0.494. The van der Waals surface area contributed by atoms with E-state index in [9.17, 15) is 13.2 Å². The molecule has 25 heavy (non-hydrogen) atoms. The molecule has 0 saturated heterocycles. The van der Waals surface area contributed by atoms with Gasteiger partial charge in [0.25, 0.3) is 0 Å². The van der Waals surface area contributed by atoms with Crippen LogP contribution in [-0.4, -0.2) is 14.4 Å². The molecular formula is C18H13ClO5S. The van der Waals surface area contributed by atoms with Crippen molar-refractivity contribution in [3.05, 3.63) is 83.3 Å². The highest BCUT2D eigenvalue weighted by molar-refractivity contribution is 7.90. The van der Waals surface area contributed by atoms with Gasteiger partial charge in [-0.2, -0.15) is 0 Å². The number of halogens is 1. The van der Waals surface area contributed by atoms with E-state index in [4.69, 9.17) is 20.8 Å². The third-order valence-corrected chi connectivity index (χ3v) is 5.19. The number of esters is 1. The molecular weight excluding hydrogens is 364 g/mol. The first kappa shape index (κ1) is 17.3. The van der Waals surface area contributed by atoms with E-state index in [-0.39, 0.29) is 27.9 Å². The predicted octanol–water partition coefficient (Wildman–Crippen LogP) is 4.13. The van der Waals surface area contributed by atoms with Gasteiger partial charge in [-0.15, -0.1) is 0 Å².